The predicted octanol–water partition coefficient (Wildman–Crippen LogP) is 4.41. The van der Waals surface area contributed by atoms with Crippen LogP contribution in [0, 0.1) is 0 Å². The Balaban J connectivity index is 1.85. The maximum absolute atomic E-state index is 13.2. The van der Waals surface area contributed by atoms with Crippen LogP contribution in [0.25, 0.3) is 21.8 Å². The standard InChI is InChI=1S/C18H10N2OS2/c21-23-16-10-20-13-7-3-1-5-11(13)17(16)22-15-9-19-14-8-4-2-6-12(14)18(15)23/h1-10H. The number of hydrogen-bond donors (Lipinski definition) is 0. The van der Waals surface area contributed by atoms with Gasteiger partial charge in [-0.3, -0.25) is 9.97 Å². The van der Waals surface area contributed by atoms with Crippen molar-refractivity contribution >= 4 is 44.4 Å². The molecule has 1 atom stereocenters. The highest BCUT2D eigenvalue weighted by molar-refractivity contribution is 8.01. The molecular formula is C18H10N2OS2. The third-order valence-corrected chi connectivity index (χ3v) is 6.94. The molecule has 0 saturated heterocycles. The van der Waals surface area contributed by atoms with Crippen LogP contribution in [0.15, 0.2) is 80.5 Å². The molecule has 23 heavy (non-hydrogen) atoms. The zero-order chi connectivity index (χ0) is 15.4. The molecule has 0 aliphatic carbocycles. The van der Waals surface area contributed by atoms with E-state index in [4.69, 9.17) is 0 Å². The fourth-order valence-corrected chi connectivity index (χ4v) is 5.84. The summed E-state index contributed by atoms with van der Waals surface area (Å²) >= 11 is 1.64. The summed E-state index contributed by atoms with van der Waals surface area (Å²) in [7, 11) is -1.24. The largest absolute Gasteiger partial charge is 0.255 e. The second-order valence-corrected chi connectivity index (χ2v) is 7.75. The lowest BCUT2D eigenvalue weighted by Gasteiger charge is -2.20. The Bertz CT molecular complexity index is 1120. The van der Waals surface area contributed by atoms with Crippen molar-refractivity contribution in [1.82, 2.24) is 9.97 Å². The summed E-state index contributed by atoms with van der Waals surface area (Å²) < 4.78 is 13.2. The van der Waals surface area contributed by atoms with Crippen LogP contribution in [0.5, 0.6) is 0 Å². The van der Waals surface area contributed by atoms with E-state index in [1.807, 2.05) is 54.7 Å². The summed E-state index contributed by atoms with van der Waals surface area (Å²) in [5.74, 6) is 0. The number of rotatable bonds is 0. The van der Waals surface area contributed by atoms with Crippen molar-refractivity contribution in [2.24, 2.45) is 0 Å². The van der Waals surface area contributed by atoms with E-state index in [2.05, 4.69) is 9.97 Å². The first-order valence-corrected chi connectivity index (χ1v) is 9.15. The summed E-state index contributed by atoms with van der Waals surface area (Å²) in [6.07, 6.45) is 3.58. The summed E-state index contributed by atoms with van der Waals surface area (Å²) in [6.45, 7) is 0. The van der Waals surface area contributed by atoms with E-state index in [0.29, 0.717) is 0 Å². The van der Waals surface area contributed by atoms with Crippen molar-refractivity contribution in [2.45, 2.75) is 19.6 Å². The van der Waals surface area contributed by atoms with Gasteiger partial charge in [-0.15, -0.1) is 0 Å². The van der Waals surface area contributed by atoms with E-state index in [-0.39, 0.29) is 0 Å². The third-order valence-electron chi connectivity index (χ3n) is 3.98. The molecule has 0 radical (unpaired) electrons. The van der Waals surface area contributed by atoms with Gasteiger partial charge in [0.05, 0.1) is 31.6 Å². The van der Waals surface area contributed by atoms with Gasteiger partial charge < -0.3 is 0 Å². The molecule has 5 rings (SSSR count). The highest BCUT2D eigenvalue weighted by Crippen LogP contribution is 2.46. The van der Waals surface area contributed by atoms with Crippen molar-refractivity contribution in [3.63, 3.8) is 0 Å². The minimum atomic E-state index is -1.24. The zero-order valence-electron chi connectivity index (χ0n) is 11.9. The number of para-hydroxylation sites is 2. The molecule has 0 N–H and O–H groups in total. The van der Waals surface area contributed by atoms with Gasteiger partial charge in [-0.05, 0) is 12.1 Å². The fraction of sp³-hybridized carbons (Fsp3) is 0. The average Bonchev–Trinajstić information content (AvgIpc) is 2.61. The molecule has 0 spiro atoms. The SMILES string of the molecule is O=S1c2cnc3ccccc3c2Sc2cnc3ccccc3c21. The molecule has 3 nitrogen and oxygen atoms in total. The van der Waals surface area contributed by atoms with Gasteiger partial charge in [0.2, 0.25) is 0 Å². The van der Waals surface area contributed by atoms with E-state index in [0.717, 1.165) is 41.4 Å². The second-order valence-electron chi connectivity index (χ2n) is 5.31. The first-order valence-electron chi connectivity index (χ1n) is 7.18. The molecule has 5 heteroatoms. The lowest BCUT2D eigenvalue weighted by atomic mass is 10.2. The highest BCUT2D eigenvalue weighted by Gasteiger charge is 2.27. The molecule has 2 aromatic carbocycles. The Hall–Kier alpha value is -2.24. The smallest absolute Gasteiger partial charge is 0.0896 e. The molecule has 1 unspecified atom stereocenters. The van der Waals surface area contributed by atoms with Crippen molar-refractivity contribution in [1.29, 1.82) is 0 Å². The van der Waals surface area contributed by atoms with Gasteiger partial charge in [0.1, 0.15) is 0 Å². The minimum absolute atomic E-state index is 0.789. The van der Waals surface area contributed by atoms with Gasteiger partial charge in [0, 0.05) is 33.0 Å². The van der Waals surface area contributed by atoms with Crippen molar-refractivity contribution in [3.8, 4) is 0 Å². The van der Waals surface area contributed by atoms with Crippen LogP contribution in [0.4, 0.5) is 0 Å². The molecule has 4 aromatic rings. The first kappa shape index (κ1) is 13.2. The maximum atomic E-state index is 13.2. The molecule has 1 aliphatic heterocycles. The summed E-state index contributed by atoms with van der Waals surface area (Å²) in [6, 6.07) is 15.8. The normalized spacial score (nSPS) is 16.3. The maximum Gasteiger partial charge on any atom is 0.0896 e. The van der Waals surface area contributed by atoms with Crippen LogP contribution >= 0.6 is 11.8 Å². The summed E-state index contributed by atoms with van der Waals surface area (Å²) in [4.78, 5) is 12.6. The van der Waals surface area contributed by atoms with Gasteiger partial charge in [0.15, 0.2) is 0 Å². The lowest BCUT2D eigenvalue weighted by Crippen LogP contribution is -2.05. The topological polar surface area (TPSA) is 42.9 Å². The van der Waals surface area contributed by atoms with Crippen LogP contribution in [0.1, 0.15) is 0 Å². The average molecular weight is 334 g/mol. The second kappa shape index (κ2) is 4.88. The number of nitrogens with zero attached hydrogens (tertiary/aromatic N) is 2. The zero-order valence-corrected chi connectivity index (χ0v) is 13.5. The van der Waals surface area contributed by atoms with Gasteiger partial charge in [-0.25, -0.2) is 4.21 Å². The van der Waals surface area contributed by atoms with Crippen molar-refractivity contribution in [2.75, 3.05) is 0 Å². The van der Waals surface area contributed by atoms with Crippen LogP contribution in [0.3, 0.4) is 0 Å². The summed E-state index contributed by atoms with van der Waals surface area (Å²) in [5, 5.41) is 2.00. The monoisotopic (exact) mass is 334 g/mol. The highest BCUT2D eigenvalue weighted by atomic mass is 32.2. The van der Waals surface area contributed by atoms with E-state index in [9.17, 15) is 4.21 Å². The number of pyridine rings is 2. The Morgan fingerprint density at radius 2 is 1.48 bits per heavy atom. The quantitative estimate of drug-likeness (QED) is 0.420. The Kier molecular flexibility index (Phi) is 2.80. The molecular weight excluding hydrogens is 324 g/mol. The van der Waals surface area contributed by atoms with E-state index < -0.39 is 10.8 Å². The lowest BCUT2D eigenvalue weighted by molar-refractivity contribution is 0.680. The molecule has 0 bridgehead atoms. The van der Waals surface area contributed by atoms with E-state index in [1.165, 1.54) is 0 Å². The fourth-order valence-electron chi connectivity index (χ4n) is 2.92. The van der Waals surface area contributed by atoms with Crippen LogP contribution in [-0.4, -0.2) is 14.2 Å². The van der Waals surface area contributed by atoms with Gasteiger partial charge in [-0.1, -0.05) is 48.2 Å². The first-order chi connectivity index (χ1) is 11.3. The Morgan fingerprint density at radius 1 is 0.826 bits per heavy atom. The van der Waals surface area contributed by atoms with Crippen LogP contribution in [0.2, 0.25) is 0 Å². The third kappa shape index (κ3) is 1.87. The Morgan fingerprint density at radius 3 is 2.30 bits per heavy atom. The van der Waals surface area contributed by atoms with Crippen molar-refractivity contribution in [3.05, 3.63) is 60.9 Å². The number of hydrogen-bond acceptors (Lipinski definition) is 4. The minimum Gasteiger partial charge on any atom is -0.255 e. The molecule has 2 aromatic heterocycles. The molecule has 1 aliphatic rings. The number of benzene rings is 2. The predicted molar refractivity (Wildman–Crippen MR) is 92.3 cm³/mol. The summed E-state index contributed by atoms with van der Waals surface area (Å²) in [5.41, 5.74) is 1.80. The van der Waals surface area contributed by atoms with Gasteiger partial charge >= 0.3 is 0 Å². The van der Waals surface area contributed by atoms with Gasteiger partial charge in [-0.2, -0.15) is 0 Å². The number of fused-ring (bicyclic) bond motifs is 6. The van der Waals surface area contributed by atoms with Crippen LogP contribution < -0.4 is 0 Å². The Labute approximate surface area is 139 Å². The van der Waals surface area contributed by atoms with E-state index in [1.54, 1.807) is 18.0 Å². The molecule has 0 amide bonds. The van der Waals surface area contributed by atoms with Crippen molar-refractivity contribution < 1.29 is 4.21 Å². The molecule has 0 saturated carbocycles. The molecule has 110 valence electrons. The van der Waals surface area contributed by atoms with Crippen LogP contribution in [-0.2, 0) is 10.8 Å². The van der Waals surface area contributed by atoms with Gasteiger partial charge in [0.25, 0.3) is 0 Å². The molecule has 3 heterocycles. The molecule has 0 fully saturated rings. The number of aromatic nitrogens is 2. The van der Waals surface area contributed by atoms with E-state index >= 15 is 0 Å².